The van der Waals surface area contributed by atoms with Gasteiger partial charge in [-0.05, 0) is 29.7 Å². The molecule has 4 heteroatoms. The number of fused-ring (bicyclic) bond motifs is 1. The second-order valence-electron chi connectivity index (χ2n) is 9.32. The second kappa shape index (κ2) is 8.85. The Morgan fingerprint density at radius 2 is 1.54 bits per heavy atom. The van der Waals surface area contributed by atoms with E-state index >= 15 is 0 Å². The minimum Gasteiger partial charge on any atom is -0.325 e. The van der Waals surface area contributed by atoms with Crippen LogP contribution >= 0.6 is 0 Å². The highest BCUT2D eigenvalue weighted by Crippen LogP contribution is 2.28. The number of H-pyrrole nitrogens is 1. The number of hydrogen-bond acceptors (Lipinski definition) is 3. The Kier molecular flexibility index (Phi) is 7.52. The Labute approximate surface area is 169 Å². The Morgan fingerprint density at radius 3 is 2.04 bits per heavy atom. The van der Waals surface area contributed by atoms with Crippen molar-refractivity contribution in [2.24, 2.45) is 5.41 Å². The third-order valence-electron chi connectivity index (χ3n) is 4.87. The summed E-state index contributed by atoms with van der Waals surface area (Å²) in [5, 5.41) is 0. The van der Waals surface area contributed by atoms with Crippen molar-refractivity contribution < 1.29 is 9.59 Å². The van der Waals surface area contributed by atoms with E-state index in [1.54, 1.807) is 6.07 Å². The van der Waals surface area contributed by atoms with Crippen LogP contribution < -0.4 is 5.56 Å². The molecule has 0 fully saturated rings. The fraction of sp³-hybridized carbons (Fsp3) is 0.542. The van der Waals surface area contributed by atoms with Gasteiger partial charge in [0.1, 0.15) is 0 Å². The smallest absolute Gasteiger partial charge is 0.251 e. The maximum atomic E-state index is 11.9. The summed E-state index contributed by atoms with van der Waals surface area (Å²) in [6.07, 6.45) is 8.61. The number of Topliss-reactive ketones (excluding diaryl/α,β-unsaturated/α-hetero) is 2. The zero-order chi connectivity index (χ0) is 20.4. The van der Waals surface area contributed by atoms with Gasteiger partial charge < -0.3 is 4.98 Å². The molecule has 4 nitrogen and oxygen atoms in total. The van der Waals surface area contributed by atoms with Crippen LogP contribution in [-0.2, 0) is 16.6 Å². The maximum Gasteiger partial charge on any atom is 0.251 e. The van der Waals surface area contributed by atoms with Crippen LogP contribution in [-0.4, -0.2) is 16.6 Å². The lowest BCUT2D eigenvalue weighted by Crippen LogP contribution is -2.28. The number of ketones is 2. The van der Waals surface area contributed by atoms with Crippen molar-refractivity contribution in [2.75, 3.05) is 0 Å². The maximum absolute atomic E-state index is 11.9. The van der Waals surface area contributed by atoms with E-state index in [1.165, 1.54) is 0 Å². The van der Waals surface area contributed by atoms with Gasteiger partial charge in [0.05, 0.1) is 0 Å². The van der Waals surface area contributed by atoms with Gasteiger partial charge in [-0.25, -0.2) is 0 Å². The second-order valence-corrected chi connectivity index (χ2v) is 9.32. The van der Waals surface area contributed by atoms with E-state index in [9.17, 15) is 14.4 Å². The lowest BCUT2D eigenvalue weighted by molar-refractivity contribution is -0.115. The molecule has 3 rings (SSSR count). The number of nitrogens with one attached hydrogen (secondary N) is 1. The van der Waals surface area contributed by atoms with Gasteiger partial charge in [-0.15, -0.1) is 0 Å². The van der Waals surface area contributed by atoms with Gasteiger partial charge in [-0.2, -0.15) is 0 Å². The minimum atomic E-state index is -0.222. The van der Waals surface area contributed by atoms with Crippen LogP contribution in [0.25, 0.3) is 0 Å². The summed E-state index contributed by atoms with van der Waals surface area (Å²) in [6.45, 7) is 12.1. The monoisotopic (exact) mass is 385 g/mol. The molecule has 1 aromatic rings. The van der Waals surface area contributed by atoms with Crippen LogP contribution in [0.5, 0.6) is 0 Å². The molecule has 0 unspecified atom stereocenters. The molecule has 0 atom stereocenters. The third-order valence-corrected chi connectivity index (χ3v) is 4.87. The van der Waals surface area contributed by atoms with Crippen molar-refractivity contribution >= 4 is 11.6 Å². The average Bonchev–Trinajstić information content (AvgIpc) is 2.53. The molecular weight excluding hydrogens is 350 g/mol. The number of aromatic amines is 1. The number of rotatable bonds is 0. The first-order valence-corrected chi connectivity index (χ1v) is 9.61. The van der Waals surface area contributed by atoms with Gasteiger partial charge in [0.15, 0.2) is 11.6 Å². The molecule has 1 N–H and O–H groups in total. The molecule has 0 amide bonds. The van der Waals surface area contributed by atoms with E-state index in [1.807, 2.05) is 39.0 Å². The van der Waals surface area contributed by atoms with Gasteiger partial charge in [-0.1, -0.05) is 67.2 Å². The van der Waals surface area contributed by atoms with E-state index in [4.69, 9.17) is 0 Å². The average molecular weight is 386 g/mol. The molecule has 0 spiro atoms. The highest BCUT2D eigenvalue weighted by Gasteiger charge is 2.24. The van der Waals surface area contributed by atoms with E-state index in [0.717, 1.165) is 29.7 Å². The quantitative estimate of drug-likeness (QED) is 0.657. The predicted molar refractivity (Wildman–Crippen MR) is 116 cm³/mol. The molecule has 0 aromatic carbocycles. The first-order chi connectivity index (χ1) is 12.4. The molecular formula is C24H35NO3. The lowest BCUT2D eigenvalue weighted by atomic mass is 9.81. The van der Waals surface area contributed by atoms with Gasteiger partial charge in [0, 0.05) is 35.2 Å². The molecule has 1 heterocycles. The number of aromatic nitrogens is 1. The molecule has 2 aliphatic carbocycles. The molecule has 0 bridgehead atoms. The zero-order valence-electron chi connectivity index (χ0n) is 17.4. The summed E-state index contributed by atoms with van der Waals surface area (Å²) in [4.78, 5) is 37.8. The fourth-order valence-electron chi connectivity index (χ4n) is 3.34. The largest absolute Gasteiger partial charge is 0.325 e. The zero-order valence-corrected chi connectivity index (χ0v) is 17.4. The number of carbonyl (C=O) groups excluding carboxylic acids is 2. The molecule has 0 saturated heterocycles. The Balaban J connectivity index is 0.000000289. The molecule has 0 aliphatic heterocycles. The fourth-order valence-corrected chi connectivity index (χ4v) is 3.34. The number of aryl methyl sites for hydroxylation is 1. The summed E-state index contributed by atoms with van der Waals surface area (Å²) in [5.74, 6) is 0.419. The summed E-state index contributed by atoms with van der Waals surface area (Å²) in [6, 6.07) is 1.79. The van der Waals surface area contributed by atoms with Gasteiger partial charge >= 0.3 is 0 Å². The van der Waals surface area contributed by atoms with Crippen molar-refractivity contribution in [3.63, 3.8) is 0 Å². The van der Waals surface area contributed by atoms with Gasteiger partial charge in [-0.3, -0.25) is 14.4 Å². The van der Waals surface area contributed by atoms with Crippen molar-refractivity contribution in [1.82, 2.24) is 4.98 Å². The number of carbonyl (C=O) groups is 2. The van der Waals surface area contributed by atoms with Crippen LogP contribution in [0.15, 0.2) is 34.7 Å². The predicted octanol–water partition coefficient (Wildman–Crippen LogP) is 5.32. The molecule has 154 valence electrons. The van der Waals surface area contributed by atoms with Crippen molar-refractivity contribution in [2.45, 2.75) is 80.1 Å². The molecule has 28 heavy (non-hydrogen) atoms. The number of allylic oxidation sites excluding steroid dienone is 4. The van der Waals surface area contributed by atoms with Gasteiger partial charge in [0.2, 0.25) is 0 Å². The van der Waals surface area contributed by atoms with Crippen LogP contribution in [0.3, 0.4) is 0 Å². The summed E-state index contributed by atoms with van der Waals surface area (Å²) >= 11 is 0. The summed E-state index contributed by atoms with van der Waals surface area (Å²) in [5.41, 5.74) is 2.90. The normalized spacial score (nSPS) is 16.4. The van der Waals surface area contributed by atoms with Gasteiger partial charge in [0.25, 0.3) is 5.56 Å². The summed E-state index contributed by atoms with van der Waals surface area (Å²) in [7, 11) is 0. The van der Waals surface area contributed by atoms with Crippen molar-refractivity contribution in [1.29, 1.82) is 0 Å². The number of hydrogen-bond donors (Lipinski definition) is 1. The van der Waals surface area contributed by atoms with E-state index in [2.05, 4.69) is 25.8 Å². The third kappa shape index (κ3) is 5.63. The van der Waals surface area contributed by atoms with Crippen molar-refractivity contribution in [3.05, 3.63) is 57.0 Å². The number of pyridine rings is 1. The first-order valence-electron chi connectivity index (χ1n) is 9.61. The Morgan fingerprint density at radius 1 is 0.893 bits per heavy atom. The topological polar surface area (TPSA) is 67.0 Å². The highest BCUT2D eigenvalue weighted by atomic mass is 16.1. The molecule has 0 radical (unpaired) electrons. The molecule has 0 saturated carbocycles. The summed E-state index contributed by atoms with van der Waals surface area (Å²) < 4.78 is 0. The van der Waals surface area contributed by atoms with E-state index < -0.39 is 0 Å². The van der Waals surface area contributed by atoms with Crippen LogP contribution in [0.1, 0.15) is 89.8 Å². The highest BCUT2D eigenvalue weighted by molar-refractivity contribution is 5.99. The standard InChI is InChI=1S/C13H17NO2.C10H14O.CH4/c1-13(2,3)9-7-8-10(14-12(9)16)5-4-6-11(8)15;1-10(2,3)8-6-4-5-7-9(8)11;/h7H,4-6H2,1-3H3,(H,14,16);4-6H,7H2,1-3H3;1H4. The lowest BCUT2D eigenvalue weighted by Gasteiger charge is -2.22. The van der Waals surface area contributed by atoms with E-state index in [-0.39, 0.29) is 35.4 Å². The molecule has 1 aromatic heterocycles. The van der Waals surface area contributed by atoms with Crippen LogP contribution in [0, 0.1) is 5.41 Å². The SMILES string of the molecule is C.CC(C)(C)C1=CC=CCC1=O.CC(C)(C)c1cc2c([nH]c1=O)CCCC2=O. The van der Waals surface area contributed by atoms with E-state index in [0.29, 0.717) is 18.4 Å². The first kappa shape index (κ1) is 23.8. The van der Waals surface area contributed by atoms with Crippen molar-refractivity contribution in [3.8, 4) is 0 Å². The Hall–Kier alpha value is -2.23. The minimum absolute atomic E-state index is 0. The van der Waals surface area contributed by atoms with Crippen LogP contribution in [0.2, 0.25) is 0 Å². The van der Waals surface area contributed by atoms with Crippen LogP contribution in [0.4, 0.5) is 0 Å². The Bertz CT molecular complexity index is 855. The molecule has 2 aliphatic rings.